The number of para-hydroxylation sites is 1. The molecule has 1 N–H and O–H groups in total. The molecule has 26 heavy (non-hydrogen) atoms. The molecule has 6 nitrogen and oxygen atoms in total. The van der Waals surface area contributed by atoms with Crippen LogP contribution in [0.3, 0.4) is 0 Å². The molecule has 0 fully saturated rings. The number of nitrogens with zero attached hydrogens (tertiary/aromatic N) is 1. The van der Waals surface area contributed by atoms with Crippen molar-refractivity contribution < 1.29 is 14.2 Å². The summed E-state index contributed by atoms with van der Waals surface area (Å²) in [6.45, 7) is 3.95. The zero-order valence-electron chi connectivity index (χ0n) is 14.9. The van der Waals surface area contributed by atoms with Crippen LogP contribution < -0.4 is 30.3 Å². The summed E-state index contributed by atoms with van der Waals surface area (Å²) in [4.78, 5) is 12.8. The van der Waals surface area contributed by atoms with Crippen molar-refractivity contribution in [2.24, 2.45) is 0 Å². The Labute approximate surface area is 150 Å². The number of hydrogen-bond donors (Lipinski definition) is 1. The molecule has 0 saturated heterocycles. The molecule has 134 valence electrons. The lowest BCUT2D eigenvalue weighted by Crippen LogP contribution is -2.33. The predicted octanol–water partition coefficient (Wildman–Crippen LogP) is 1.43. The van der Waals surface area contributed by atoms with E-state index < -0.39 is 0 Å². The van der Waals surface area contributed by atoms with Gasteiger partial charge in [0.1, 0.15) is 0 Å². The predicted molar refractivity (Wildman–Crippen MR) is 101 cm³/mol. The first-order chi connectivity index (χ1) is 12.6. The van der Waals surface area contributed by atoms with E-state index in [1.807, 2.05) is 30.3 Å². The molecule has 0 atom stereocenters. The number of aromatic amines is 1. The third kappa shape index (κ3) is 3.09. The zero-order valence-corrected chi connectivity index (χ0v) is 14.9. The summed E-state index contributed by atoms with van der Waals surface area (Å²) in [7, 11) is 4.64. The van der Waals surface area contributed by atoms with Crippen molar-refractivity contribution in [3.8, 4) is 22.9 Å². The Hall–Kier alpha value is -3.41. The van der Waals surface area contributed by atoms with Gasteiger partial charge in [0.15, 0.2) is 11.5 Å². The largest absolute Gasteiger partial charge is 0.493 e. The summed E-state index contributed by atoms with van der Waals surface area (Å²) in [6.07, 6.45) is 1.74. The molecule has 0 spiro atoms. The maximum Gasteiger partial charge on any atom is 0.279 e. The van der Waals surface area contributed by atoms with Gasteiger partial charge in [0.05, 0.1) is 37.6 Å². The van der Waals surface area contributed by atoms with Crippen LogP contribution in [-0.2, 0) is 0 Å². The molecule has 6 heteroatoms. The van der Waals surface area contributed by atoms with Gasteiger partial charge in [-0.05, 0) is 35.9 Å². The van der Waals surface area contributed by atoms with Gasteiger partial charge in [0.25, 0.3) is 5.56 Å². The van der Waals surface area contributed by atoms with Crippen molar-refractivity contribution in [3.05, 3.63) is 68.9 Å². The highest BCUT2D eigenvalue weighted by Gasteiger charge is 2.13. The fourth-order valence-electron chi connectivity index (χ4n) is 2.75. The minimum atomic E-state index is -0.185. The van der Waals surface area contributed by atoms with E-state index in [0.717, 1.165) is 11.3 Å². The SMILES string of the molecule is C=c1[nH]n(-c2ccccc2)c(=O)/c1=C/c1cc(OC)c(OC)c(OC)c1. The molecule has 3 aromatic rings. The number of ether oxygens (including phenoxy) is 3. The van der Waals surface area contributed by atoms with Crippen LogP contribution in [0.5, 0.6) is 17.2 Å². The molecule has 0 radical (unpaired) electrons. The summed E-state index contributed by atoms with van der Waals surface area (Å²) in [5.41, 5.74) is 1.29. The molecule has 0 aliphatic heterocycles. The highest BCUT2D eigenvalue weighted by Crippen LogP contribution is 2.38. The number of rotatable bonds is 5. The van der Waals surface area contributed by atoms with E-state index in [1.54, 1.807) is 39.5 Å². The lowest BCUT2D eigenvalue weighted by molar-refractivity contribution is 0.324. The summed E-state index contributed by atoms with van der Waals surface area (Å²) in [5, 5.41) is 3.99. The van der Waals surface area contributed by atoms with Gasteiger partial charge in [0.2, 0.25) is 5.75 Å². The highest BCUT2D eigenvalue weighted by molar-refractivity contribution is 5.62. The van der Waals surface area contributed by atoms with Crippen LogP contribution in [0.2, 0.25) is 0 Å². The number of methoxy groups -OCH3 is 3. The average molecular weight is 352 g/mol. The first-order valence-corrected chi connectivity index (χ1v) is 7.96. The number of benzene rings is 2. The quantitative estimate of drug-likeness (QED) is 0.754. The Morgan fingerprint density at radius 1 is 1.00 bits per heavy atom. The molecule has 0 saturated carbocycles. The standard InChI is InChI=1S/C20H20N2O4/c1-13-16(20(23)22(21-13)15-8-6-5-7-9-15)10-14-11-17(24-2)19(26-4)18(12-14)25-3/h5-12,21H,1H2,2-4H3/b16-10+. The fourth-order valence-corrected chi connectivity index (χ4v) is 2.75. The van der Waals surface area contributed by atoms with Crippen LogP contribution in [0.25, 0.3) is 18.3 Å². The first-order valence-electron chi connectivity index (χ1n) is 7.96. The summed E-state index contributed by atoms with van der Waals surface area (Å²) >= 11 is 0. The molecule has 0 aliphatic carbocycles. The summed E-state index contributed by atoms with van der Waals surface area (Å²) in [6, 6.07) is 12.9. The second kappa shape index (κ2) is 7.23. The molecule has 0 aliphatic rings. The second-order valence-electron chi connectivity index (χ2n) is 5.58. The monoisotopic (exact) mass is 352 g/mol. The van der Waals surface area contributed by atoms with Gasteiger partial charge in [-0.25, -0.2) is 4.68 Å². The van der Waals surface area contributed by atoms with Crippen molar-refractivity contribution in [1.29, 1.82) is 0 Å². The summed E-state index contributed by atoms with van der Waals surface area (Å²) < 4.78 is 17.5. The smallest absolute Gasteiger partial charge is 0.279 e. The van der Waals surface area contributed by atoms with Gasteiger partial charge in [-0.15, -0.1) is 0 Å². The molecule has 0 unspecified atom stereocenters. The second-order valence-corrected chi connectivity index (χ2v) is 5.58. The number of nitrogens with one attached hydrogen (secondary N) is 1. The zero-order chi connectivity index (χ0) is 18.7. The Morgan fingerprint density at radius 3 is 2.15 bits per heavy atom. The van der Waals surface area contributed by atoms with Crippen molar-refractivity contribution >= 4 is 12.7 Å². The van der Waals surface area contributed by atoms with Crippen molar-refractivity contribution in [3.63, 3.8) is 0 Å². The molecular formula is C20H20N2O4. The van der Waals surface area contributed by atoms with Gasteiger partial charge >= 0.3 is 0 Å². The van der Waals surface area contributed by atoms with Crippen molar-refractivity contribution in [2.45, 2.75) is 0 Å². The van der Waals surface area contributed by atoms with E-state index >= 15 is 0 Å². The van der Waals surface area contributed by atoms with E-state index in [1.165, 1.54) is 4.68 Å². The van der Waals surface area contributed by atoms with E-state index in [2.05, 4.69) is 11.7 Å². The van der Waals surface area contributed by atoms with Gasteiger partial charge in [-0.3, -0.25) is 9.89 Å². The lowest BCUT2D eigenvalue weighted by atomic mass is 10.1. The fraction of sp³-hybridized carbons (Fsp3) is 0.150. The molecular weight excluding hydrogens is 332 g/mol. The molecule has 0 bridgehead atoms. The van der Waals surface area contributed by atoms with Gasteiger partial charge in [0, 0.05) is 0 Å². The van der Waals surface area contributed by atoms with Gasteiger partial charge in [-0.2, -0.15) is 0 Å². The normalized spacial score (nSPS) is 11.4. The maximum absolute atomic E-state index is 12.8. The van der Waals surface area contributed by atoms with Crippen molar-refractivity contribution in [2.75, 3.05) is 21.3 Å². The van der Waals surface area contributed by atoms with Crippen LogP contribution >= 0.6 is 0 Å². The van der Waals surface area contributed by atoms with E-state index in [0.29, 0.717) is 27.8 Å². The number of aromatic nitrogens is 2. The van der Waals surface area contributed by atoms with Gasteiger partial charge in [-0.1, -0.05) is 24.8 Å². The molecule has 3 rings (SSSR count). The van der Waals surface area contributed by atoms with Crippen molar-refractivity contribution in [1.82, 2.24) is 9.78 Å². The third-order valence-electron chi connectivity index (χ3n) is 4.02. The minimum Gasteiger partial charge on any atom is -0.493 e. The minimum absolute atomic E-state index is 0.185. The molecule has 1 heterocycles. The van der Waals surface area contributed by atoms with Crippen LogP contribution in [0.4, 0.5) is 0 Å². The van der Waals surface area contributed by atoms with E-state index in [9.17, 15) is 4.79 Å². The Bertz CT molecular complexity index is 1060. The van der Waals surface area contributed by atoms with Gasteiger partial charge < -0.3 is 14.2 Å². The summed E-state index contributed by atoms with van der Waals surface area (Å²) in [5.74, 6) is 1.53. The molecule has 2 aromatic carbocycles. The average Bonchev–Trinajstić information content (AvgIpc) is 2.96. The molecule has 0 amide bonds. The Balaban J connectivity index is 2.19. The topological polar surface area (TPSA) is 65.5 Å². The molecule has 1 aromatic heterocycles. The Kier molecular flexibility index (Phi) is 4.84. The Morgan fingerprint density at radius 2 is 1.62 bits per heavy atom. The van der Waals surface area contributed by atoms with Crippen LogP contribution in [0, 0.1) is 0 Å². The number of H-pyrrole nitrogens is 1. The maximum atomic E-state index is 12.8. The van der Waals surface area contributed by atoms with Crippen LogP contribution in [0.15, 0.2) is 47.3 Å². The van der Waals surface area contributed by atoms with Crippen LogP contribution in [-0.4, -0.2) is 31.1 Å². The highest BCUT2D eigenvalue weighted by atomic mass is 16.5. The third-order valence-corrected chi connectivity index (χ3v) is 4.02. The van der Waals surface area contributed by atoms with Crippen LogP contribution in [0.1, 0.15) is 5.56 Å². The lowest BCUT2D eigenvalue weighted by Gasteiger charge is -2.12. The van der Waals surface area contributed by atoms with E-state index in [4.69, 9.17) is 14.2 Å². The van der Waals surface area contributed by atoms with E-state index in [-0.39, 0.29) is 5.56 Å². The number of hydrogen-bond acceptors (Lipinski definition) is 4. The first kappa shape index (κ1) is 17.4.